The molecule has 0 atom stereocenters. The summed E-state index contributed by atoms with van der Waals surface area (Å²) in [4.78, 5) is 0. The molecule has 1 saturated heterocycles. The molecule has 2 N–H and O–H groups in total. The fourth-order valence-corrected chi connectivity index (χ4v) is 2.87. The van der Waals surface area contributed by atoms with Crippen molar-refractivity contribution in [2.24, 2.45) is 5.41 Å². The monoisotopic (exact) mass is 191 g/mol. The Morgan fingerprint density at radius 3 is 2.08 bits per heavy atom. The summed E-state index contributed by atoms with van der Waals surface area (Å²) in [5.41, 5.74) is 0.187. The lowest BCUT2D eigenvalue weighted by Crippen LogP contribution is -2.54. The van der Waals surface area contributed by atoms with Crippen LogP contribution in [0.1, 0.15) is 32.6 Å². The van der Waals surface area contributed by atoms with E-state index in [0.717, 1.165) is 25.9 Å². The molecule has 1 aliphatic carbocycles. The molecule has 0 radical (unpaired) electrons. The average molecular weight is 192 g/mol. The predicted molar refractivity (Wildman–Crippen MR) is 51.6 cm³/mol. The van der Waals surface area contributed by atoms with Crippen LogP contribution in [0.5, 0.6) is 0 Å². The van der Waals surface area contributed by atoms with Crippen LogP contribution >= 0.6 is 12.4 Å². The highest BCUT2D eigenvalue weighted by Gasteiger charge is 2.50. The van der Waals surface area contributed by atoms with Gasteiger partial charge in [-0.1, -0.05) is 0 Å². The molecule has 0 unspecified atom stereocenters. The maximum atomic E-state index is 9.61. The van der Waals surface area contributed by atoms with Crippen molar-refractivity contribution in [3.63, 3.8) is 0 Å². The second-order valence-electron chi connectivity index (χ2n) is 4.60. The van der Waals surface area contributed by atoms with Crippen LogP contribution in [0.3, 0.4) is 0 Å². The smallest absolute Gasteiger partial charge is 0.0630 e. The molecule has 1 saturated carbocycles. The Kier molecular flexibility index (Phi) is 2.72. The summed E-state index contributed by atoms with van der Waals surface area (Å²) in [7, 11) is 0. The Hall–Kier alpha value is 0.210. The molecule has 2 rings (SSSR count). The SMILES string of the molecule is CC1(O)CC2(CCNCC2)C1.Cl. The van der Waals surface area contributed by atoms with Crippen LogP contribution in [0.15, 0.2) is 0 Å². The Bertz CT molecular complexity index is 154. The summed E-state index contributed by atoms with van der Waals surface area (Å²) in [5, 5.41) is 13.0. The van der Waals surface area contributed by atoms with Crippen LogP contribution in [0.4, 0.5) is 0 Å². The molecule has 0 aromatic rings. The van der Waals surface area contributed by atoms with Gasteiger partial charge in [0.15, 0.2) is 0 Å². The minimum absolute atomic E-state index is 0. The fourth-order valence-electron chi connectivity index (χ4n) is 2.87. The maximum absolute atomic E-state index is 9.61. The van der Waals surface area contributed by atoms with Gasteiger partial charge >= 0.3 is 0 Å². The van der Waals surface area contributed by atoms with E-state index >= 15 is 0 Å². The Labute approximate surface area is 80.1 Å². The van der Waals surface area contributed by atoms with E-state index in [0.29, 0.717) is 5.41 Å². The first kappa shape index (κ1) is 10.3. The largest absolute Gasteiger partial charge is 0.390 e. The van der Waals surface area contributed by atoms with E-state index in [1.807, 2.05) is 6.92 Å². The van der Waals surface area contributed by atoms with Crippen LogP contribution in [0.2, 0.25) is 0 Å². The van der Waals surface area contributed by atoms with Gasteiger partial charge in [0.25, 0.3) is 0 Å². The van der Waals surface area contributed by atoms with E-state index in [1.165, 1.54) is 12.8 Å². The summed E-state index contributed by atoms with van der Waals surface area (Å²) in [6.45, 7) is 4.26. The summed E-state index contributed by atoms with van der Waals surface area (Å²) < 4.78 is 0. The van der Waals surface area contributed by atoms with Crippen molar-refractivity contribution in [3.8, 4) is 0 Å². The molecular weight excluding hydrogens is 174 g/mol. The van der Waals surface area contributed by atoms with E-state index in [-0.39, 0.29) is 18.0 Å². The van der Waals surface area contributed by atoms with Crippen molar-refractivity contribution >= 4 is 12.4 Å². The number of nitrogens with one attached hydrogen (secondary N) is 1. The van der Waals surface area contributed by atoms with Crippen molar-refractivity contribution in [1.82, 2.24) is 5.32 Å². The molecule has 0 aromatic carbocycles. The van der Waals surface area contributed by atoms with Crippen LogP contribution in [-0.4, -0.2) is 23.8 Å². The number of hydrogen-bond donors (Lipinski definition) is 2. The highest BCUT2D eigenvalue weighted by molar-refractivity contribution is 5.85. The summed E-state index contributed by atoms with van der Waals surface area (Å²) in [5.74, 6) is 0. The minimum Gasteiger partial charge on any atom is -0.390 e. The third kappa shape index (κ3) is 1.76. The zero-order valence-electron chi connectivity index (χ0n) is 7.60. The highest BCUT2D eigenvalue weighted by Crippen LogP contribution is 2.53. The third-order valence-electron chi connectivity index (χ3n) is 3.18. The van der Waals surface area contributed by atoms with Crippen molar-refractivity contribution in [2.45, 2.75) is 38.2 Å². The average Bonchev–Trinajstić information content (AvgIpc) is 1.85. The second-order valence-corrected chi connectivity index (χ2v) is 4.60. The molecule has 0 bridgehead atoms. The summed E-state index contributed by atoms with van der Waals surface area (Å²) in [6, 6.07) is 0. The number of halogens is 1. The number of hydrogen-bond acceptors (Lipinski definition) is 2. The molecular formula is C9H18ClNO. The van der Waals surface area contributed by atoms with Gasteiger partial charge in [0.1, 0.15) is 0 Å². The van der Waals surface area contributed by atoms with Gasteiger partial charge in [-0.2, -0.15) is 0 Å². The molecule has 12 heavy (non-hydrogen) atoms. The molecule has 0 amide bonds. The van der Waals surface area contributed by atoms with Gasteiger partial charge < -0.3 is 10.4 Å². The third-order valence-corrected chi connectivity index (χ3v) is 3.18. The van der Waals surface area contributed by atoms with Crippen molar-refractivity contribution in [1.29, 1.82) is 0 Å². The Morgan fingerprint density at radius 1 is 1.17 bits per heavy atom. The van der Waals surface area contributed by atoms with Gasteiger partial charge in [-0.15, -0.1) is 12.4 Å². The standard InChI is InChI=1S/C9H17NO.ClH/c1-8(11)6-9(7-8)2-4-10-5-3-9;/h10-11H,2-7H2,1H3;1H. The van der Waals surface area contributed by atoms with Gasteiger partial charge in [0.05, 0.1) is 5.60 Å². The molecule has 2 nitrogen and oxygen atoms in total. The van der Waals surface area contributed by atoms with Gasteiger partial charge in [-0.05, 0) is 51.1 Å². The summed E-state index contributed by atoms with van der Waals surface area (Å²) in [6.07, 6.45) is 4.59. The van der Waals surface area contributed by atoms with E-state index < -0.39 is 0 Å². The van der Waals surface area contributed by atoms with Crippen molar-refractivity contribution in [2.75, 3.05) is 13.1 Å². The summed E-state index contributed by atoms with van der Waals surface area (Å²) >= 11 is 0. The number of aliphatic hydroxyl groups is 1. The number of piperidine rings is 1. The molecule has 1 heterocycles. The first-order valence-electron chi connectivity index (χ1n) is 4.55. The molecule has 0 aromatic heterocycles. The number of rotatable bonds is 0. The lowest BCUT2D eigenvalue weighted by Gasteiger charge is -2.54. The van der Waals surface area contributed by atoms with Crippen molar-refractivity contribution in [3.05, 3.63) is 0 Å². The molecule has 72 valence electrons. The van der Waals surface area contributed by atoms with Crippen LogP contribution in [-0.2, 0) is 0 Å². The van der Waals surface area contributed by atoms with E-state index in [4.69, 9.17) is 0 Å². The lowest BCUT2D eigenvalue weighted by atomic mass is 9.56. The molecule has 3 heteroatoms. The zero-order valence-corrected chi connectivity index (χ0v) is 8.41. The fraction of sp³-hybridized carbons (Fsp3) is 1.00. The second kappa shape index (κ2) is 3.17. The lowest BCUT2D eigenvalue weighted by molar-refractivity contribution is -0.126. The normalized spacial score (nSPS) is 30.5. The molecule has 1 spiro atoms. The predicted octanol–water partition coefficient (Wildman–Crippen LogP) is 1.32. The first-order valence-corrected chi connectivity index (χ1v) is 4.55. The van der Waals surface area contributed by atoms with Crippen LogP contribution < -0.4 is 5.32 Å². The van der Waals surface area contributed by atoms with Crippen LogP contribution in [0, 0.1) is 5.41 Å². The molecule has 2 fully saturated rings. The van der Waals surface area contributed by atoms with Gasteiger partial charge in [-0.25, -0.2) is 0 Å². The van der Waals surface area contributed by atoms with Gasteiger partial charge in [0.2, 0.25) is 0 Å². The van der Waals surface area contributed by atoms with Gasteiger partial charge in [0, 0.05) is 0 Å². The Balaban J connectivity index is 0.000000720. The van der Waals surface area contributed by atoms with Crippen LogP contribution in [0.25, 0.3) is 0 Å². The topological polar surface area (TPSA) is 32.3 Å². The maximum Gasteiger partial charge on any atom is 0.0630 e. The first-order chi connectivity index (χ1) is 5.12. The quantitative estimate of drug-likeness (QED) is 0.606. The van der Waals surface area contributed by atoms with Gasteiger partial charge in [-0.3, -0.25) is 0 Å². The van der Waals surface area contributed by atoms with E-state index in [1.54, 1.807) is 0 Å². The Morgan fingerprint density at radius 2 is 1.67 bits per heavy atom. The van der Waals surface area contributed by atoms with E-state index in [9.17, 15) is 5.11 Å². The van der Waals surface area contributed by atoms with Crippen molar-refractivity contribution < 1.29 is 5.11 Å². The molecule has 1 aliphatic heterocycles. The van der Waals surface area contributed by atoms with E-state index in [2.05, 4.69) is 5.32 Å². The molecule has 2 aliphatic rings. The highest BCUT2D eigenvalue weighted by atomic mass is 35.5. The minimum atomic E-state index is -0.336. The zero-order chi connectivity index (χ0) is 7.95.